The quantitative estimate of drug-likeness (QED) is 0.509. The van der Waals surface area contributed by atoms with Crippen LogP contribution in [0.15, 0.2) is 0 Å². The molecule has 17 heavy (non-hydrogen) atoms. The number of hydrogen-bond donors (Lipinski definition) is 1. The van der Waals surface area contributed by atoms with Crippen LogP contribution in [0.25, 0.3) is 0 Å². The summed E-state index contributed by atoms with van der Waals surface area (Å²) >= 11 is 5.71. The van der Waals surface area contributed by atoms with Gasteiger partial charge in [0.1, 0.15) is 5.69 Å². The number of nitrogens with one attached hydrogen (secondary N) is 1. The third-order valence-corrected chi connectivity index (χ3v) is 3.17. The second kappa shape index (κ2) is 4.83. The molecule has 0 amide bonds. The average Bonchev–Trinajstić information content (AvgIpc) is 2.12. The van der Waals surface area contributed by atoms with Crippen LogP contribution >= 0.6 is 11.6 Å². The van der Waals surface area contributed by atoms with Gasteiger partial charge in [-0.3, -0.25) is 10.1 Å². The smallest absolute Gasteiger partial charge is 0.332 e. The van der Waals surface area contributed by atoms with Crippen molar-refractivity contribution >= 4 is 23.1 Å². The van der Waals surface area contributed by atoms with E-state index in [4.69, 9.17) is 11.6 Å². The number of anilines is 1. The van der Waals surface area contributed by atoms with Crippen LogP contribution in [-0.2, 0) is 0 Å². The van der Waals surface area contributed by atoms with Crippen LogP contribution in [0.2, 0.25) is 5.28 Å². The molecule has 0 unspecified atom stereocenters. The van der Waals surface area contributed by atoms with E-state index in [0.29, 0.717) is 12.5 Å². The molecule has 92 valence electrons. The number of halogens is 1. The number of rotatable bonds is 4. The van der Waals surface area contributed by atoms with Gasteiger partial charge in [0.2, 0.25) is 11.1 Å². The summed E-state index contributed by atoms with van der Waals surface area (Å²) in [6, 6.07) is 0. The van der Waals surface area contributed by atoms with E-state index in [1.807, 2.05) is 0 Å². The van der Waals surface area contributed by atoms with Gasteiger partial charge in [-0.25, -0.2) is 4.98 Å². The molecule has 1 aromatic rings. The fourth-order valence-corrected chi connectivity index (χ4v) is 2.02. The van der Waals surface area contributed by atoms with Crippen molar-refractivity contribution in [3.8, 4) is 0 Å². The summed E-state index contributed by atoms with van der Waals surface area (Å²) in [5, 5.41) is 14.0. The summed E-state index contributed by atoms with van der Waals surface area (Å²) in [5.41, 5.74) is 0.194. The Hall–Kier alpha value is -1.43. The lowest BCUT2D eigenvalue weighted by atomic mass is 9.85. The summed E-state index contributed by atoms with van der Waals surface area (Å²) in [6.07, 6.45) is 3.56. The first-order valence-corrected chi connectivity index (χ1v) is 5.88. The van der Waals surface area contributed by atoms with Crippen molar-refractivity contribution in [2.24, 2.45) is 5.92 Å². The molecule has 1 aliphatic rings. The highest BCUT2D eigenvalue weighted by Crippen LogP contribution is 2.30. The molecule has 0 spiro atoms. The molecule has 0 aromatic carbocycles. The van der Waals surface area contributed by atoms with Crippen LogP contribution in [0.3, 0.4) is 0 Å². The second-order valence-electron chi connectivity index (χ2n) is 4.21. The Bertz CT molecular complexity index is 448. The first-order valence-electron chi connectivity index (χ1n) is 5.50. The van der Waals surface area contributed by atoms with Crippen molar-refractivity contribution in [2.75, 3.05) is 11.9 Å². The summed E-state index contributed by atoms with van der Waals surface area (Å²) in [6.45, 7) is 2.26. The third-order valence-electron chi connectivity index (χ3n) is 3.00. The Morgan fingerprint density at radius 3 is 2.76 bits per heavy atom. The van der Waals surface area contributed by atoms with E-state index < -0.39 is 4.92 Å². The van der Waals surface area contributed by atoms with Crippen LogP contribution in [0.1, 0.15) is 25.0 Å². The van der Waals surface area contributed by atoms with Gasteiger partial charge in [0.05, 0.1) is 4.92 Å². The molecule has 0 bridgehead atoms. The molecule has 6 nitrogen and oxygen atoms in total. The SMILES string of the molecule is Cc1nc(Cl)nc(NCC2CCC2)c1[N+](=O)[O-]. The van der Waals surface area contributed by atoms with Gasteiger partial charge in [-0.15, -0.1) is 0 Å². The fraction of sp³-hybridized carbons (Fsp3) is 0.600. The maximum absolute atomic E-state index is 10.9. The first-order chi connectivity index (χ1) is 8.08. The van der Waals surface area contributed by atoms with E-state index in [2.05, 4.69) is 15.3 Å². The molecule has 7 heteroatoms. The Labute approximate surface area is 104 Å². The molecule has 0 saturated heterocycles. The van der Waals surface area contributed by atoms with E-state index in [-0.39, 0.29) is 22.5 Å². The minimum atomic E-state index is -0.477. The molecule has 0 atom stereocenters. The molecular weight excluding hydrogens is 244 g/mol. The Balaban J connectivity index is 2.20. The maximum atomic E-state index is 10.9. The molecule has 1 N–H and O–H groups in total. The fourth-order valence-electron chi connectivity index (χ4n) is 1.81. The Morgan fingerprint density at radius 1 is 1.53 bits per heavy atom. The van der Waals surface area contributed by atoms with E-state index >= 15 is 0 Å². The number of nitro groups is 1. The Morgan fingerprint density at radius 2 is 2.24 bits per heavy atom. The predicted octanol–water partition coefficient (Wildman–Crippen LogP) is 2.56. The van der Waals surface area contributed by atoms with E-state index in [1.54, 1.807) is 6.92 Å². The topological polar surface area (TPSA) is 81.0 Å². The second-order valence-corrected chi connectivity index (χ2v) is 4.55. The highest BCUT2D eigenvalue weighted by atomic mass is 35.5. The minimum Gasteiger partial charge on any atom is -0.364 e. The molecule has 0 aliphatic heterocycles. The van der Waals surface area contributed by atoms with Gasteiger partial charge in [-0.1, -0.05) is 6.42 Å². The summed E-state index contributed by atoms with van der Waals surface area (Å²) < 4.78 is 0. The standard InChI is InChI=1S/C10H13ClN4O2/c1-6-8(15(16)17)9(14-10(11)13-6)12-5-7-3-2-4-7/h7H,2-5H2,1H3,(H,12,13,14). The number of aryl methyl sites for hydroxylation is 1. The zero-order valence-electron chi connectivity index (χ0n) is 9.44. The average molecular weight is 257 g/mol. The van der Waals surface area contributed by atoms with Crippen molar-refractivity contribution < 1.29 is 4.92 Å². The molecular formula is C10H13ClN4O2. The lowest BCUT2D eigenvalue weighted by Crippen LogP contribution is -2.22. The van der Waals surface area contributed by atoms with Crippen molar-refractivity contribution in [1.29, 1.82) is 0 Å². The van der Waals surface area contributed by atoms with Gasteiger partial charge >= 0.3 is 5.69 Å². The molecule has 1 saturated carbocycles. The van der Waals surface area contributed by atoms with Gasteiger partial charge < -0.3 is 5.32 Å². The van der Waals surface area contributed by atoms with E-state index in [1.165, 1.54) is 19.3 Å². The van der Waals surface area contributed by atoms with Crippen LogP contribution in [0, 0.1) is 23.0 Å². The maximum Gasteiger partial charge on any atom is 0.332 e. The molecule has 1 fully saturated rings. The van der Waals surface area contributed by atoms with Gasteiger partial charge in [0.15, 0.2) is 0 Å². The molecule has 1 heterocycles. The van der Waals surface area contributed by atoms with Crippen LogP contribution in [0.4, 0.5) is 11.5 Å². The predicted molar refractivity (Wildman–Crippen MR) is 64.3 cm³/mol. The number of nitrogens with zero attached hydrogens (tertiary/aromatic N) is 3. The lowest BCUT2D eigenvalue weighted by molar-refractivity contribution is -0.385. The molecule has 2 rings (SSSR count). The van der Waals surface area contributed by atoms with Crippen molar-refractivity contribution in [3.63, 3.8) is 0 Å². The highest BCUT2D eigenvalue weighted by Gasteiger charge is 2.23. The normalized spacial score (nSPS) is 15.4. The summed E-state index contributed by atoms with van der Waals surface area (Å²) in [4.78, 5) is 18.1. The van der Waals surface area contributed by atoms with Crippen LogP contribution < -0.4 is 5.32 Å². The minimum absolute atomic E-state index is 0.0317. The first kappa shape index (κ1) is 12.0. The number of aromatic nitrogens is 2. The van der Waals surface area contributed by atoms with Crippen LogP contribution in [0.5, 0.6) is 0 Å². The largest absolute Gasteiger partial charge is 0.364 e. The molecule has 0 radical (unpaired) electrons. The van der Waals surface area contributed by atoms with E-state index in [0.717, 1.165) is 0 Å². The van der Waals surface area contributed by atoms with Gasteiger partial charge in [-0.05, 0) is 37.3 Å². The van der Waals surface area contributed by atoms with Gasteiger partial charge in [0, 0.05) is 6.54 Å². The summed E-state index contributed by atoms with van der Waals surface area (Å²) in [7, 11) is 0. The van der Waals surface area contributed by atoms with Crippen LogP contribution in [-0.4, -0.2) is 21.4 Å². The number of hydrogen-bond acceptors (Lipinski definition) is 5. The Kier molecular flexibility index (Phi) is 3.42. The zero-order chi connectivity index (χ0) is 12.4. The monoisotopic (exact) mass is 256 g/mol. The van der Waals surface area contributed by atoms with Gasteiger partial charge in [-0.2, -0.15) is 4.98 Å². The lowest BCUT2D eigenvalue weighted by Gasteiger charge is -2.25. The zero-order valence-corrected chi connectivity index (χ0v) is 10.2. The van der Waals surface area contributed by atoms with E-state index in [9.17, 15) is 10.1 Å². The van der Waals surface area contributed by atoms with Crippen molar-refractivity contribution in [3.05, 3.63) is 21.1 Å². The van der Waals surface area contributed by atoms with Crippen molar-refractivity contribution in [1.82, 2.24) is 9.97 Å². The van der Waals surface area contributed by atoms with Crippen molar-refractivity contribution in [2.45, 2.75) is 26.2 Å². The third kappa shape index (κ3) is 2.63. The van der Waals surface area contributed by atoms with Gasteiger partial charge in [0.25, 0.3) is 0 Å². The summed E-state index contributed by atoms with van der Waals surface area (Å²) in [5.74, 6) is 0.808. The highest BCUT2D eigenvalue weighted by molar-refractivity contribution is 6.28. The molecule has 1 aliphatic carbocycles. The molecule has 1 aromatic heterocycles.